The van der Waals surface area contributed by atoms with E-state index in [1.54, 1.807) is 6.26 Å². The van der Waals surface area contributed by atoms with Crippen molar-refractivity contribution in [2.45, 2.75) is 11.8 Å². The third-order valence-corrected chi connectivity index (χ3v) is 2.85. The molecule has 1 nitrogen and oxygen atoms in total. The van der Waals surface area contributed by atoms with Gasteiger partial charge in [-0.1, -0.05) is 4.90 Å². The van der Waals surface area contributed by atoms with E-state index in [0.29, 0.717) is 0 Å². The van der Waals surface area contributed by atoms with E-state index in [1.165, 1.54) is 0 Å². The average Bonchev–Trinajstić information content (AvgIpc) is 2.13. The Bertz CT molecular complexity index is 263. The van der Waals surface area contributed by atoms with Crippen LogP contribution >= 0.6 is 0 Å². The molecule has 0 aromatic carbocycles. The Hall–Kier alpha value is 0.0700. The lowest BCUT2D eigenvalue weighted by Gasteiger charge is -1.97. The summed E-state index contributed by atoms with van der Waals surface area (Å²) in [5.41, 5.74) is 0. The molecule has 0 fully saturated rings. The Kier molecular flexibility index (Phi) is 2.21. The average molecular weight is 177 g/mol. The summed E-state index contributed by atoms with van der Waals surface area (Å²) >= 11 is 9.74. The van der Waals surface area contributed by atoms with Gasteiger partial charge in [0.2, 0.25) is 0 Å². The SMILES string of the molecule is Cc1occc1[S-](=S)=S. The van der Waals surface area contributed by atoms with Crippen LogP contribution in [0.4, 0.5) is 0 Å². The van der Waals surface area contributed by atoms with Gasteiger partial charge in [0.05, 0.1) is 12.0 Å². The molecule has 0 saturated carbocycles. The summed E-state index contributed by atoms with van der Waals surface area (Å²) in [6, 6.07) is 1.83. The van der Waals surface area contributed by atoms with Crippen LogP contribution in [0, 0.1) is 6.92 Å². The third-order valence-electron chi connectivity index (χ3n) is 0.991. The molecule has 0 aliphatic rings. The van der Waals surface area contributed by atoms with Crippen LogP contribution in [0.2, 0.25) is 0 Å². The van der Waals surface area contributed by atoms with Gasteiger partial charge in [-0.15, -0.1) is 0 Å². The van der Waals surface area contributed by atoms with Gasteiger partial charge in [-0.3, -0.25) is 22.4 Å². The molecule has 1 aromatic heterocycles. The molecule has 0 spiro atoms. The predicted octanol–water partition coefficient (Wildman–Crippen LogP) is 1.49. The lowest BCUT2D eigenvalue weighted by molar-refractivity contribution is 0.527. The molecule has 1 rings (SSSR count). The van der Waals surface area contributed by atoms with Gasteiger partial charge in [0.15, 0.2) is 0 Å². The van der Waals surface area contributed by atoms with Crippen molar-refractivity contribution in [3.63, 3.8) is 0 Å². The molecule has 0 atom stereocenters. The maximum Gasteiger partial charge on any atom is 0.0890 e. The summed E-state index contributed by atoms with van der Waals surface area (Å²) in [6.07, 6.45) is 1.61. The predicted molar refractivity (Wildman–Crippen MR) is 43.8 cm³/mol. The fraction of sp³-hybridized carbons (Fsp3) is 0.200. The van der Waals surface area contributed by atoms with E-state index in [2.05, 4.69) is 0 Å². The maximum atomic E-state index is 5.00. The quantitative estimate of drug-likeness (QED) is 0.603. The van der Waals surface area contributed by atoms with Gasteiger partial charge in [0.1, 0.15) is 0 Å². The zero-order chi connectivity index (χ0) is 6.85. The normalized spacial score (nSPS) is 10.4. The van der Waals surface area contributed by atoms with Crippen molar-refractivity contribution in [2.24, 2.45) is 0 Å². The maximum absolute atomic E-state index is 5.00. The van der Waals surface area contributed by atoms with Gasteiger partial charge in [-0.05, 0) is 13.0 Å². The molecule has 0 amide bonds. The van der Waals surface area contributed by atoms with E-state index in [0.717, 1.165) is 10.7 Å². The molecule has 0 aliphatic carbocycles. The van der Waals surface area contributed by atoms with Crippen LogP contribution in [0.1, 0.15) is 5.76 Å². The topological polar surface area (TPSA) is 13.1 Å². The smallest absolute Gasteiger partial charge is 0.0890 e. The standard InChI is InChI=1S/C5H5OS3/c1-4-5(9(7)8)2-3-6-4/h2-3H,1H3/q-1. The van der Waals surface area contributed by atoms with Crippen molar-refractivity contribution < 1.29 is 4.42 Å². The van der Waals surface area contributed by atoms with Crippen molar-refractivity contribution in [3.8, 4) is 0 Å². The summed E-state index contributed by atoms with van der Waals surface area (Å²) in [5, 5.41) is 0. The highest BCUT2D eigenvalue weighted by Crippen LogP contribution is 2.09. The monoisotopic (exact) mass is 177 g/mol. The Morgan fingerprint density at radius 3 is 2.44 bits per heavy atom. The van der Waals surface area contributed by atoms with Gasteiger partial charge >= 0.3 is 0 Å². The number of hydrogen-bond donors (Lipinski definition) is 0. The van der Waals surface area contributed by atoms with E-state index < -0.39 is 8.01 Å². The van der Waals surface area contributed by atoms with E-state index in [1.807, 2.05) is 13.0 Å². The van der Waals surface area contributed by atoms with Gasteiger partial charge in [0, 0.05) is 0 Å². The molecule has 50 valence electrons. The first-order valence-corrected chi connectivity index (χ1v) is 5.42. The first-order chi connectivity index (χ1) is 4.22. The van der Waals surface area contributed by atoms with Gasteiger partial charge in [-0.25, -0.2) is 0 Å². The van der Waals surface area contributed by atoms with Crippen LogP contribution in [0.5, 0.6) is 0 Å². The van der Waals surface area contributed by atoms with Gasteiger partial charge in [-0.2, -0.15) is 0 Å². The van der Waals surface area contributed by atoms with Gasteiger partial charge < -0.3 is 12.4 Å². The molecule has 0 aliphatic heterocycles. The van der Waals surface area contributed by atoms with E-state index in [9.17, 15) is 0 Å². The molecular weight excluding hydrogens is 172 g/mol. The highest BCUT2D eigenvalue weighted by molar-refractivity contribution is 8.46. The molecule has 0 bridgehead atoms. The van der Waals surface area contributed by atoms with E-state index >= 15 is 0 Å². The van der Waals surface area contributed by atoms with Crippen molar-refractivity contribution in [3.05, 3.63) is 18.1 Å². The Labute approximate surface area is 64.9 Å². The molecule has 0 radical (unpaired) electrons. The fourth-order valence-corrected chi connectivity index (χ4v) is 2.03. The summed E-state index contributed by atoms with van der Waals surface area (Å²) in [6.45, 7) is 1.87. The lowest BCUT2D eigenvalue weighted by atomic mass is 10.5. The van der Waals surface area contributed by atoms with Crippen LogP contribution < -0.4 is 0 Å². The Balaban J connectivity index is 3.23. The molecule has 0 N–H and O–H groups in total. The summed E-state index contributed by atoms with van der Waals surface area (Å²) in [5.74, 6) is 0.850. The third kappa shape index (κ3) is 1.50. The van der Waals surface area contributed by atoms with E-state index in [4.69, 9.17) is 26.8 Å². The second kappa shape index (κ2) is 2.77. The Morgan fingerprint density at radius 1 is 1.56 bits per heavy atom. The molecule has 1 aromatic rings. The Morgan fingerprint density at radius 2 is 2.22 bits per heavy atom. The minimum Gasteiger partial charge on any atom is -0.471 e. The first-order valence-electron chi connectivity index (χ1n) is 2.35. The van der Waals surface area contributed by atoms with Crippen molar-refractivity contribution in [2.75, 3.05) is 0 Å². The molecule has 0 unspecified atom stereocenters. The summed E-state index contributed by atoms with van der Waals surface area (Å²) in [7, 11) is -0.486. The number of aryl methyl sites for hydroxylation is 1. The number of rotatable bonds is 1. The zero-order valence-electron chi connectivity index (χ0n) is 4.79. The highest BCUT2D eigenvalue weighted by Gasteiger charge is 1.87. The minimum atomic E-state index is -0.486. The second-order valence-corrected chi connectivity index (χ2v) is 5.12. The largest absolute Gasteiger partial charge is 0.471 e. The van der Waals surface area contributed by atoms with Crippen molar-refractivity contribution in [1.29, 1.82) is 0 Å². The van der Waals surface area contributed by atoms with E-state index in [-0.39, 0.29) is 0 Å². The summed E-state index contributed by atoms with van der Waals surface area (Å²) in [4.78, 5) is 0.972. The van der Waals surface area contributed by atoms with Crippen LogP contribution in [-0.2, 0) is 30.4 Å². The molecule has 0 saturated heterocycles. The fourth-order valence-electron chi connectivity index (χ4n) is 0.546. The second-order valence-electron chi connectivity index (χ2n) is 1.58. The first kappa shape index (κ1) is 7.18. The van der Waals surface area contributed by atoms with Crippen molar-refractivity contribution >= 4 is 30.4 Å². The van der Waals surface area contributed by atoms with Crippen LogP contribution in [-0.4, -0.2) is 0 Å². The minimum absolute atomic E-state index is 0.486. The van der Waals surface area contributed by atoms with Crippen LogP contribution in [0.3, 0.4) is 0 Å². The van der Waals surface area contributed by atoms with Crippen LogP contribution in [0.25, 0.3) is 0 Å². The van der Waals surface area contributed by atoms with Crippen molar-refractivity contribution in [1.82, 2.24) is 0 Å². The molecule has 1 heterocycles. The van der Waals surface area contributed by atoms with Crippen LogP contribution in [0.15, 0.2) is 21.6 Å². The molecule has 9 heavy (non-hydrogen) atoms. The molecule has 4 heteroatoms. The van der Waals surface area contributed by atoms with Gasteiger partial charge in [0.25, 0.3) is 0 Å². The number of furan rings is 1. The zero-order valence-corrected chi connectivity index (χ0v) is 7.24. The lowest BCUT2D eigenvalue weighted by Crippen LogP contribution is -1.73. The summed E-state index contributed by atoms with van der Waals surface area (Å²) < 4.78 is 5.00. The molecular formula is C5H5OS3-. The number of hydrogen-bond acceptors (Lipinski definition) is 4. The highest BCUT2D eigenvalue weighted by atomic mass is 33.1.